The van der Waals surface area contributed by atoms with Crippen molar-refractivity contribution in [2.45, 2.75) is 26.8 Å². The summed E-state index contributed by atoms with van der Waals surface area (Å²) < 4.78 is 13.2. The minimum atomic E-state index is -0.363. The van der Waals surface area contributed by atoms with Gasteiger partial charge in [-0.2, -0.15) is 0 Å². The summed E-state index contributed by atoms with van der Waals surface area (Å²) in [6, 6.07) is 6.09. The van der Waals surface area contributed by atoms with Crippen LogP contribution in [0.3, 0.4) is 0 Å². The summed E-state index contributed by atoms with van der Waals surface area (Å²) in [6.45, 7) is 10.5. The molecule has 7 heteroatoms. The number of carbonyl (C=O) groups excluding carboxylic acids is 2. The average Bonchev–Trinajstić information content (AvgIpc) is 2.56. The lowest BCUT2D eigenvalue weighted by Crippen LogP contribution is -3.28. The lowest BCUT2D eigenvalue weighted by atomic mass is 10.1. The molecule has 26 heavy (non-hydrogen) atoms. The number of nitrogens with one attached hydrogen (secondary N) is 4. The van der Waals surface area contributed by atoms with Crippen LogP contribution in [0.4, 0.5) is 10.1 Å². The lowest BCUT2D eigenvalue weighted by Gasteiger charge is -2.29. The van der Waals surface area contributed by atoms with E-state index in [2.05, 4.69) is 24.5 Å². The molecule has 1 aromatic carbocycles. The predicted octanol–water partition coefficient (Wildman–Crippen LogP) is -1.29. The second-order valence-corrected chi connectivity index (χ2v) is 7.51. The quantitative estimate of drug-likeness (QED) is 0.485. The number of halogens is 1. The molecule has 4 N–H and O–H groups in total. The van der Waals surface area contributed by atoms with E-state index in [-0.39, 0.29) is 23.7 Å². The number of amides is 2. The summed E-state index contributed by atoms with van der Waals surface area (Å²) in [5.74, 6) is 0.0373. The molecule has 0 aliphatic carbocycles. The van der Waals surface area contributed by atoms with Crippen LogP contribution < -0.4 is 20.4 Å². The van der Waals surface area contributed by atoms with Crippen molar-refractivity contribution in [1.82, 2.24) is 5.32 Å². The largest absolute Gasteiger partial charge is 0.348 e. The van der Waals surface area contributed by atoms with E-state index in [4.69, 9.17) is 0 Å². The Bertz CT molecular complexity index is 615. The number of rotatable bonds is 7. The minimum absolute atomic E-state index is 0.0912. The molecule has 1 saturated heterocycles. The van der Waals surface area contributed by atoms with Crippen LogP contribution in [0.5, 0.6) is 0 Å². The molecule has 1 aliphatic heterocycles. The number of quaternary nitrogens is 2. The van der Waals surface area contributed by atoms with Crippen molar-refractivity contribution < 1.29 is 23.8 Å². The highest BCUT2D eigenvalue weighted by Gasteiger charge is 2.26. The maximum absolute atomic E-state index is 13.2. The molecule has 144 valence electrons. The molecule has 0 saturated carbocycles. The number of anilines is 1. The first-order valence-electron chi connectivity index (χ1n) is 9.35. The monoisotopic (exact) mass is 366 g/mol. The van der Waals surface area contributed by atoms with Gasteiger partial charge >= 0.3 is 0 Å². The maximum atomic E-state index is 13.2. The molecule has 6 nitrogen and oxygen atoms in total. The fourth-order valence-corrected chi connectivity index (χ4v) is 3.01. The van der Waals surface area contributed by atoms with E-state index in [1.54, 1.807) is 12.1 Å². The first-order valence-corrected chi connectivity index (χ1v) is 9.35. The molecule has 2 amide bonds. The normalized spacial score (nSPS) is 21.3. The van der Waals surface area contributed by atoms with Crippen LogP contribution >= 0.6 is 0 Å². The van der Waals surface area contributed by atoms with Gasteiger partial charge < -0.3 is 20.4 Å². The molecule has 1 fully saturated rings. The van der Waals surface area contributed by atoms with Crippen molar-refractivity contribution in [2.24, 2.45) is 5.92 Å². The summed E-state index contributed by atoms with van der Waals surface area (Å²) >= 11 is 0. The summed E-state index contributed by atoms with van der Waals surface area (Å²) in [5, 5.41) is 5.78. The average molecular weight is 366 g/mol. The first-order chi connectivity index (χ1) is 12.3. The van der Waals surface area contributed by atoms with Crippen molar-refractivity contribution in [3.63, 3.8) is 0 Å². The van der Waals surface area contributed by atoms with E-state index in [0.29, 0.717) is 24.7 Å². The molecular formula is C19H31FN4O2+2. The van der Waals surface area contributed by atoms with E-state index in [1.165, 1.54) is 21.9 Å². The third-order valence-corrected chi connectivity index (χ3v) is 4.98. The summed E-state index contributed by atoms with van der Waals surface area (Å²) in [5.41, 5.74) is 0.481. The first kappa shape index (κ1) is 20.3. The lowest BCUT2D eigenvalue weighted by molar-refractivity contribution is -1.00. The van der Waals surface area contributed by atoms with Crippen molar-refractivity contribution in [2.75, 3.05) is 44.6 Å². The van der Waals surface area contributed by atoms with Gasteiger partial charge in [0, 0.05) is 11.7 Å². The summed E-state index contributed by atoms with van der Waals surface area (Å²) in [6.07, 6.45) is 0. The highest BCUT2D eigenvalue weighted by atomic mass is 19.1. The number of hydrogen-bond acceptors (Lipinski definition) is 2. The molecular weight excluding hydrogens is 335 g/mol. The van der Waals surface area contributed by atoms with Crippen LogP contribution in [0.2, 0.25) is 0 Å². The fraction of sp³-hybridized carbons (Fsp3) is 0.579. The Morgan fingerprint density at radius 1 is 1.04 bits per heavy atom. The SMILES string of the molecule is CC(C)[C@H](C)NC(=O)C[NH+]1CC[NH+](CC(=O)Nc2cccc(F)c2)CC1. The van der Waals surface area contributed by atoms with Crippen LogP contribution in [0, 0.1) is 11.7 Å². The van der Waals surface area contributed by atoms with Gasteiger partial charge in [-0.25, -0.2) is 4.39 Å². The van der Waals surface area contributed by atoms with Crippen LogP contribution in [0.1, 0.15) is 20.8 Å². The van der Waals surface area contributed by atoms with Gasteiger partial charge in [-0.1, -0.05) is 19.9 Å². The zero-order valence-corrected chi connectivity index (χ0v) is 15.9. The molecule has 1 aromatic rings. The zero-order chi connectivity index (χ0) is 19.1. The second kappa shape index (κ2) is 9.64. The molecule has 0 spiro atoms. The number of carbonyl (C=O) groups is 2. The molecule has 2 rings (SSSR count). The van der Waals surface area contributed by atoms with Gasteiger partial charge in [0.05, 0.1) is 0 Å². The van der Waals surface area contributed by atoms with Crippen LogP contribution in [-0.2, 0) is 9.59 Å². The van der Waals surface area contributed by atoms with E-state index >= 15 is 0 Å². The molecule has 1 aliphatic rings. The molecule has 0 aromatic heterocycles. The van der Waals surface area contributed by atoms with Gasteiger partial charge in [-0.15, -0.1) is 0 Å². The Labute approximate surface area is 154 Å². The van der Waals surface area contributed by atoms with Gasteiger partial charge in [0.2, 0.25) is 0 Å². The Hall–Kier alpha value is -1.99. The summed E-state index contributed by atoms with van der Waals surface area (Å²) in [7, 11) is 0. The van der Waals surface area contributed by atoms with E-state index < -0.39 is 0 Å². The van der Waals surface area contributed by atoms with E-state index in [1.807, 2.05) is 6.92 Å². The molecule has 0 bridgehead atoms. The van der Waals surface area contributed by atoms with Gasteiger partial charge in [-0.3, -0.25) is 9.59 Å². The minimum Gasteiger partial charge on any atom is -0.348 e. The smallest absolute Gasteiger partial charge is 0.279 e. The fourth-order valence-electron chi connectivity index (χ4n) is 3.01. The molecule has 0 radical (unpaired) electrons. The molecule has 0 unspecified atom stereocenters. The number of piperazine rings is 1. The van der Waals surface area contributed by atoms with Crippen LogP contribution in [0.15, 0.2) is 24.3 Å². The highest BCUT2D eigenvalue weighted by Crippen LogP contribution is 2.08. The molecule has 1 heterocycles. The zero-order valence-electron chi connectivity index (χ0n) is 15.9. The van der Waals surface area contributed by atoms with Gasteiger partial charge in [0.15, 0.2) is 13.1 Å². The van der Waals surface area contributed by atoms with E-state index in [9.17, 15) is 14.0 Å². The third-order valence-electron chi connectivity index (χ3n) is 4.98. The van der Waals surface area contributed by atoms with Gasteiger partial charge in [-0.05, 0) is 31.0 Å². The van der Waals surface area contributed by atoms with E-state index in [0.717, 1.165) is 26.2 Å². The van der Waals surface area contributed by atoms with Gasteiger partial charge in [0.25, 0.3) is 11.8 Å². The van der Waals surface area contributed by atoms with Crippen molar-refractivity contribution in [3.8, 4) is 0 Å². The highest BCUT2D eigenvalue weighted by molar-refractivity contribution is 5.91. The Morgan fingerprint density at radius 2 is 1.62 bits per heavy atom. The predicted molar refractivity (Wildman–Crippen MR) is 98.6 cm³/mol. The van der Waals surface area contributed by atoms with Crippen molar-refractivity contribution in [1.29, 1.82) is 0 Å². The number of hydrogen-bond donors (Lipinski definition) is 4. The summed E-state index contributed by atoms with van der Waals surface area (Å²) in [4.78, 5) is 26.6. The van der Waals surface area contributed by atoms with Crippen LogP contribution in [-0.4, -0.2) is 57.1 Å². The topological polar surface area (TPSA) is 67.1 Å². The third kappa shape index (κ3) is 6.72. The number of benzene rings is 1. The van der Waals surface area contributed by atoms with Crippen LogP contribution in [0.25, 0.3) is 0 Å². The Kier molecular flexibility index (Phi) is 7.53. The second-order valence-electron chi connectivity index (χ2n) is 7.51. The Morgan fingerprint density at radius 3 is 2.15 bits per heavy atom. The molecule has 1 atom stereocenters. The van der Waals surface area contributed by atoms with Crippen molar-refractivity contribution >= 4 is 17.5 Å². The van der Waals surface area contributed by atoms with Gasteiger partial charge in [0.1, 0.15) is 32.0 Å². The van der Waals surface area contributed by atoms with Crippen molar-refractivity contribution in [3.05, 3.63) is 30.1 Å². The Balaban J connectivity index is 1.69. The standard InChI is InChI=1S/C19H29FN4O2/c1-14(2)15(3)21-18(25)12-23-7-9-24(10-8-23)13-19(26)22-17-6-4-5-16(20)11-17/h4-6,11,14-15H,7-10,12-13H2,1-3H3,(H,21,25)(H,22,26)/p+2/t15-/m0/s1. The maximum Gasteiger partial charge on any atom is 0.279 e.